The van der Waals surface area contributed by atoms with Crippen molar-refractivity contribution in [3.63, 3.8) is 0 Å². The fourth-order valence-electron chi connectivity index (χ4n) is 2.23. The summed E-state index contributed by atoms with van der Waals surface area (Å²) in [6.45, 7) is 0.748. The number of benzene rings is 1. The number of carbonyl (C=O) groups excluding carboxylic acids is 1. The van der Waals surface area contributed by atoms with E-state index in [1.807, 2.05) is 18.2 Å². The van der Waals surface area contributed by atoms with Crippen LogP contribution in [0.15, 0.2) is 36.5 Å². The van der Waals surface area contributed by atoms with E-state index in [4.69, 9.17) is 9.47 Å². The first-order chi connectivity index (χ1) is 10.3. The number of methoxy groups -OCH3 is 1. The molecule has 1 aromatic carbocycles. The van der Waals surface area contributed by atoms with Gasteiger partial charge >= 0.3 is 6.01 Å². The summed E-state index contributed by atoms with van der Waals surface area (Å²) in [7, 11) is 1.53. The second kappa shape index (κ2) is 5.78. The summed E-state index contributed by atoms with van der Waals surface area (Å²) in [6, 6.07) is 9.20. The highest BCUT2D eigenvalue weighted by atomic mass is 16.5. The molecule has 6 heteroatoms. The van der Waals surface area contributed by atoms with Gasteiger partial charge < -0.3 is 14.4 Å². The summed E-state index contributed by atoms with van der Waals surface area (Å²) in [4.78, 5) is 21.7. The Bertz CT molecular complexity index is 660. The Labute approximate surface area is 122 Å². The molecule has 2 aromatic rings. The van der Waals surface area contributed by atoms with Gasteiger partial charge in [-0.2, -0.15) is 4.98 Å². The summed E-state index contributed by atoms with van der Waals surface area (Å²) in [5, 5.41) is 0. The lowest BCUT2D eigenvalue weighted by Gasteiger charge is -2.16. The highest BCUT2D eigenvalue weighted by Crippen LogP contribution is 2.27. The van der Waals surface area contributed by atoms with Crippen LogP contribution in [0.4, 0.5) is 5.69 Å². The van der Waals surface area contributed by atoms with Crippen molar-refractivity contribution in [1.29, 1.82) is 0 Å². The maximum atomic E-state index is 11.8. The lowest BCUT2D eigenvalue weighted by molar-refractivity contribution is -0.117. The summed E-state index contributed by atoms with van der Waals surface area (Å²) >= 11 is 0. The quantitative estimate of drug-likeness (QED) is 0.863. The minimum Gasteiger partial charge on any atom is -0.481 e. The second-order valence-corrected chi connectivity index (χ2v) is 4.63. The molecule has 0 atom stereocenters. The topological polar surface area (TPSA) is 64.6 Å². The number of amides is 1. The molecule has 6 nitrogen and oxygen atoms in total. The molecular weight excluding hydrogens is 270 g/mol. The number of ether oxygens (including phenoxy) is 2. The fraction of sp³-hybridized carbons (Fsp3) is 0.267. The average molecular weight is 285 g/mol. The molecule has 0 aliphatic carbocycles. The van der Waals surface area contributed by atoms with Crippen LogP contribution in [-0.4, -0.2) is 29.5 Å². The lowest BCUT2D eigenvalue weighted by Crippen LogP contribution is -2.23. The van der Waals surface area contributed by atoms with Crippen molar-refractivity contribution in [2.45, 2.75) is 12.8 Å². The Morgan fingerprint density at radius 1 is 1.29 bits per heavy atom. The minimum absolute atomic E-state index is 0.143. The maximum Gasteiger partial charge on any atom is 0.325 e. The molecular formula is C15H15N3O3. The van der Waals surface area contributed by atoms with Crippen molar-refractivity contribution in [3.05, 3.63) is 36.5 Å². The van der Waals surface area contributed by atoms with Gasteiger partial charge in [0.1, 0.15) is 5.75 Å². The van der Waals surface area contributed by atoms with Gasteiger partial charge in [-0.05, 0) is 18.6 Å². The molecule has 0 bridgehead atoms. The predicted molar refractivity (Wildman–Crippen MR) is 76.7 cm³/mol. The van der Waals surface area contributed by atoms with Crippen molar-refractivity contribution >= 4 is 11.6 Å². The van der Waals surface area contributed by atoms with Gasteiger partial charge in [0.2, 0.25) is 11.8 Å². The van der Waals surface area contributed by atoms with Crippen molar-refractivity contribution < 1.29 is 14.3 Å². The molecule has 0 N–H and O–H groups in total. The normalized spacial score (nSPS) is 14.3. The van der Waals surface area contributed by atoms with Crippen molar-refractivity contribution in [2.75, 3.05) is 18.6 Å². The van der Waals surface area contributed by atoms with E-state index in [-0.39, 0.29) is 11.9 Å². The first kappa shape index (κ1) is 13.4. The number of aromatic nitrogens is 2. The van der Waals surface area contributed by atoms with Gasteiger partial charge in [0.05, 0.1) is 7.11 Å². The number of nitrogens with zero attached hydrogens (tertiary/aromatic N) is 3. The van der Waals surface area contributed by atoms with E-state index in [9.17, 15) is 4.79 Å². The molecule has 0 saturated carbocycles. The summed E-state index contributed by atoms with van der Waals surface area (Å²) < 4.78 is 10.6. The van der Waals surface area contributed by atoms with Crippen molar-refractivity contribution in [3.8, 4) is 17.6 Å². The molecule has 1 aliphatic heterocycles. The summed E-state index contributed by atoms with van der Waals surface area (Å²) in [5.74, 6) is 1.16. The van der Waals surface area contributed by atoms with Crippen LogP contribution < -0.4 is 14.4 Å². The molecule has 21 heavy (non-hydrogen) atoms. The van der Waals surface area contributed by atoms with Crippen LogP contribution in [0.2, 0.25) is 0 Å². The van der Waals surface area contributed by atoms with Crippen molar-refractivity contribution in [2.24, 2.45) is 0 Å². The number of anilines is 1. The first-order valence-electron chi connectivity index (χ1n) is 6.71. The molecule has 3 rings (SSSR count). The van der Waals surface area contributed by atoms with Gasteiger partial charge in [-0.1, -0.05) is 6.07 Å². The predicted octanol–water partition coefficient (Wildman–Crippen LogP) is 2.40. The van der Waals surface area contributed by atoms with Gasteiger partial charge in [-0.3, -0.25) is 4.79 Å². The molecule has 108 valence electrons. The molecule has 1 amide bonds. The van der Waals surface area contributed by atoms with E-state index >= 15 is 0 Å². The zero-order valence-electron chi connectivity index (χ0n) is 11.7. The van der Waals surface area contributed by atoms with Gasteiger partial charge in [0.25, 0.3) is 0 Å². The van der Waals surface area contributed by atoms with E-state index in [0.29, 0.717) is 18.1 Å². The molecule has 0 unspecified atom stereocenters. The second-order valence-electron chi connectivity index (χ2n) is 4.63. The van der Waals surface area contributed by atoms with Crippen LogP contribution in [0.5, 0.6) is 17.6 Å². The first-order valence-corrected chi connectivity index (χ1v) is 6.71. The zero-order valence-corrected chi connectivity index (χ0v) is 11.7. The Morgan fingerprint density at radius 2 is 2.19 bits per heavy atom. The molecule has 1 aliphatic rings. The Hall–Kier alpha value is -2.63. The third-order valence-electron chi connectivity index (χ3n) is 3.23. The number of hydrogen-bond donors (Lipinski definition) is 0. The van der Waals surface area contributed by atoms with Crippen LogP contribution in [0.3, 0.4) is 0 Å². The van der Waals surface area contributed by atoms with Crippen LogP contribution in [-0.2, 0) is 4.79 Å². The van der Waals surface area contributed by atoms with Crippen molar-refractivity contribution in [1.82, 2.24) is 9.97 Å². The monoisotopic (exact) mass is 285 g/mol. The van der Waals surface area contributed by atoms with Crippen LogP contribution in [0, 0.1) is 0 Å². The van der Waals surface area contributed by atoms with Crippen LogP contribution in [0.25, 0.3) is 0 Å². The van der Waals surface area contributed by atoms with Gasteiger partial charge in [-0.25, -0.2) is 4.98 Å². The van der Waals surface area contributed by atoms with E-state index in [2.05, 4.69) is 9.97 Å². The lowest BCUT2D eigenvalue weighted by atomic mass is 10.3. The molecule has 1 aromatic heterocycles. The van der Waals surface area contributed by atoms with E-state index in [1.54, 1.807) is 23.2 Å². The fourth-order valence-corrected chi connectivity index (χ4v) is 2.23. The van der Waals surface area contributed by atoms with E-state index in [1.165, 1.54) is 7.11 Å². The Balaban J connectivity index is 1.81. The van der Waals surface area contributed by atoms with Gasteiger partial charge in [0.15, 0.2) is 0 Å². The van der Waals surface area contributed by atoms with Crippen LogP contribution in [0.1, 0.15) is 12.8 Å². The number of carbonyl (C=O) groups is 1. The van der Waals surface area contributed by atoms with Crippen LogP contribution >= 0.6 is 0 Å². The number of rotatable bonds is 4. The van der Waals surface area contributed by atoms with E-state index in [0.717, 1.165) is 18.7 Å². The highest BCUT2D eigenvalue weighted by molar-refractivity contribution is 5.95. The zero-order chi connectivity index (χ0) is 14.7. The molecule has 2 heterocycles. The van der Waals surface area contributed by atoms with Gasteiger partial charge in [-0.15, -0.1) is 0 Å². The molecule has 0 radical (unpaired) electrons. The van der Waals surface area contributed by atoms with E-state index < -0.39 is 0 Å². The average Bonchev–Trinajstić information content (AvgIpc) is 2.94. The SMILES string of the molecule is COc1ccnc(Oc2cccc(N3CCCC3=O)c2)n1. The molecule has 1 saturated heterocycles. The third kappa shape index (κ3) is 2.94. The Kier molecular flexibility index (Phi) is 3.68. The Morgan fingerprint density at radius 3 is 2.95 bits per heavy atom. The number of hydrogen-bond acceptors (Lipinski definition) is 5. The minimum atomic E-state index is 0.143. The largest absolute Gasteiger partial charge is 0.481 e. The summed E-state index contributed by atoms with van der Waals surface area (Å²) in [5.41, 5.74) is 0.831. The third-order valence-corrected chi connectivity index (χ3v) is 3.23. The standard InChI is InChI=1S/C15H15N3O3/c1-20-13-7-8-16-15(17-13)21-12-5-2-4-11(10-12)18-9-3-6-14(18)19/h2,4-5,7-8,10H,3,6,9H2,1H3. The highest BCUT2D eigenvalue weighted by Gasteiger charge is 2.21. The maximum absolute atomic E-state index is 11.8. The van der Waals surface area contributed by atoms with Gasteiger partial charge in [0, 0.05) is 37.0 Å². The molecule has 0 spiro atoms. The molecule has 1 fully saturated rings. The smallest absolute Gasteiger partial charge is 0.325 e. The summed E-state index contributed by atoms with van der Waals surface area (Å²) in [6.07, 6.45) is 3.06.